The van der Waals surface area contributed by atoms with E-state index in [1.54, 1.807) is 0 Å². The first-order valence-corrected chi connectivity index (χ1v) is 2.24. The predicted octanol–water partition coefficient (Wildman–Crippen LogP) is 0.225. The molecule has 0 aromatic heterocycles. The van der Waals surface area contributed by atoms with E-state index in [4.69, 9.17) is 10.2 Å². The van der Waals surface area contributed by atoms with Crippen LogP contribution in [-0.2, 0) is 4.74 Å². The van der Waals surface area contributed by atoms with Gasteiger partial charge in [-0.15, -0.1) is 0 Å². The predicted molar refractivity (Wildman–Crippen MR) is 30.7 cm³/mol. The molecule has 5 heteroatoms. The Bertz CT molecular complexity index is 75.0. The number of hydrogen-bond acceptors (Lipinski definition) is 4. The molecule has 5 nitrogen and oxygen atoms in total. The second-order valence-corrected chi connectivity index (χ2v) is 1.19. The molecule has 0 fully saturated rings. The lowest BCUT2D eigenvalue weighted by atomic mass is 10.5. The first-order chi connectivity index (χ1) is 3.77. The third-order valence-electron chi connectivity index (χ3n) is 0.528. The number of carbonyl (C=O) groups is 1. The van der Waals surface area contributed by atoms with Gasteiger partial charge in [0.05, 0.1) is 6.61 Å². The zero-order valence-corrected chi connectivity index (χ0v) is 5.04. The Labute approximate surface area is 52.8 Å². The molecule has 0 aliphatic rings. The molecule has 0 spiro atoms. The molecule has 0 unspecified atom stereocenters. The summed E-state index contributed by atoms with van der Waals surface area (Å²) in [5.74, 6) is 0. The van der Waals surface area contributed by atoms with Crippen molar-refractivity contribution < 1.29 is 19.7 Å². The van der Waals surface area contributed by atoms with Gasteiger partial charge in [0, 0.05) is 13.0 Å². The Balaban J connectivity index is 0. The van der Waals surface area contributed by atoms with Crippen LogP contribution in [0.5, 0.6) is 0 Å². The highest BCUT2D eigenvalue weighted by Gasteiger charge is 1.92. The van der Waals surface area contributed by atoms with E-state index in [9.17, 15) is 4.79 Å². The standard InChI is InChI=1S/C4H8O4.H3N/c5-2-1-3-8-4(6)7;/h5H,1-3H2,(H,6,7);1H3. The van der Waals surface area contributed by atoms with Crippen molar-refractivity contribution in [3.8, 4) is 0 Å². The maximum atomic E-state index is 9.57. The van der Waals surface area contributed by atoms with Crippen LogP contribution in [0.25, 0.3) is 0 Å². The number of hydrogen-bond donors (Lipinski definition) is 3. The first kappa shape index (κ1) is 11.0. The van der Waals surface area contributed by atoms with Gasteiger partial charge in [0.25, 0.3) is 0 Å². The van der Waals surface area contributed by atoms with E-state index in [1.807, 2.05) is 0 Å². The molecule has 0 radical (unpaired) electrons. The summed E-state index contributed by atoms with van der Waals surface area (Å²) in [7, 11) is 0. The summed E-state index contributed by atoms with van der Waals surface area (Å²) < 4.78 is 4.04. The lowest BCUT2D eigenvalue weighted by molar-refractivity contribution is 0.0855. The Kier molecular flexibility index (Phi) is 8.83. The monoisotopic (exact) mass is 137 g/mol. The molecular weight excluding hydrogens is 126 g/mol. The average Bonchev–Trinajstić information content (AvgIpc) is 1.66. The summed E-state index contributed by atoms with van der Waals surface area (Å²) in [5, 5.41) is 15.9. The van der Waals surface area contributed by atoms with E-state index in [-0.39, 0.29) is 19.4 Å². The molecule has 0 bridgehead atoms. The van der Waals surface area contributed by atoms with E-state index in [0.717, 1.165) is 0 Å². The summed E-state index contributed by atoms with van der Waals surface area (Å²) in [5.41, 5.74) is 0. The van der Waals surface area contributed by atoms with Gasteiger partial charge in [-0.25, -0.2) is 4.79 Å². The summed E-state index contributed by atoms with van der Waals surface area (Å²) >= 11 is 0. The quantitative estimate of drug-likeness (QED) is 0.381. The molecule has 5 N–H and O–H groups in total. The number of aliphatic hydroxyl groups excluding tert-OH is 1. The van der Waals surface area contributed by atoms with Crippen molar-refractivity contribution in [2.45, 2.75) is 6.42 Å². The zero-order valence-electron chi connectivity index (χ0n) is 5.04. The molecule has 0 heterocycles. The van der Waals surface area contributed by atoms with E-state index in [2.05, 4.69) is 4.74 Å². The third-order valence-corrected chi connectivity index (χ3v) is 0.528. The van der Waals surface area contributed by atoms with Gasteiger partial charge in [0.15, 0.2) is 0 Å². The maximum Gasteiger partial charge on any atom is 0.505 e. The van der Waals surface area contributed by atoms with Gasteiger partial charge in [-0.3, -0.25) is 0 Å². The Morgan fingerprint density at radius 1 is 1.56 bits per heavy atom. The molecule has 0 rings (SSSR count). The van der Waals surface area contributed by atoms with Crippen LogP contribution in [0.3, 0.4) is 0 Å². The molecular formula is C4H11NO4. The number of carboxylic acid groups (broad SMARTS) is 1. The highest BCUT2D eigenvalue weighted by molar-refractivity contribution is 5.56. The van der Waals surface area contributed by atoms with Gasteiger partial charge >= 0.3 is 6.16 Å². The Morgan fingerprint density at radius 3 is 2.44 bits per heavy atom. The summed E-state index contributed by atoms with van der Waals surface area (Å²) in [4.78, 5) is 9.57. The summed E-state index contributed by atoms with van der Waals surface area (Å²) in [6.07, 6.45) is -0.926. The summed E-state index contributed by atoms with van der Waals surface area (Å²) in [6, 6.07) is 0. The molecule has 0 aliphatic carbocycles. The second kappa shape index (κ2) is 7.19. The van der Waals surface area contributed by atoms with E-state index in [1.165, 1.54) is 0 Å². The largest absolute Gasteiger partial charge is 0.505 e. The van der Waals surface area contributed by atoms with Gasteiger partial charge < -0.3 is 21.1 Å². The number of aliphatic hydroxyl groups is 1. The topological polar surface area (TPSA) is 102 Å². The third kappa shape index (κ3) is 11.0. The van der Waals surface area contributed by atoms with Crippen molar-refractivity contribution in [3.63, 3.8) is 0 Å². The van der Waals surface area contributed by atoms with Gasteiger partial charge in [0.2, 0.25) is 0 Å². The lowest BCUT2D eigenvalue weighted by Crippen LogP contribution is -2.02. The first-order valence-electron chi connectivity index (χ1n) is 2.24. The number of ether oxygens (including phenoxy) is 1. The van der Waals surface area contributed by atoms with Crippen molar-refractivity contribution in [3.05, 3.63) is 0 Å². The van der Waals surface area contributed by atoms with Crippen molar-refractivity contribution >= 4 is 6.16 Å². The Hall–Kier alpha value is -0.810. The molecule has 9 heavy (non-hydrogen) atoms. The molecule has 0 aliphatic heterocycles. The van der Waals surface area contributed by atoms with E-state index >= 15 is 0 Å². The van der Waals surface area contributed by atoms with Crippen LogP contribution >= 0.6 is 0 Å². The van der Waals surface area contributed by atoms with Gasteiger partial charge in [0.1, 0.15) is 0 Å². The normalized spacial score (nSPS) is 7.67. The summed E-state index contributed by atoms with van der Waals surface area (Å²) in [6.45, 7) is 0.0408. The van der Waals surface area contributed by atoms with Crippen LogP contribution in [0.15, 0.2) is 0 Å². The average molecular weight is 137 g/mol. The van der Waals surface area contributed by atoms with E-state index < -0.39 is 6.16 Å². The molecule has 0 atom stereocenters. The highest BCUT2D eigenvalue weighted by atomic mass is 16.7. The zero-order chi connectivity index (χ0) is 6.41. The minimum Gasteiger partial charge on any atom is -0.450 e. The fourth-order valence-electron chi connectivity index (χ4n) is 0.224. The van der Waals surface area contributed by atoms with Crippen LogP contribution in [0.4, 0.5) is 4.79 Å². The van der Waals surface area contributed by atoms with Gasteiger partial charge in [-0.1, -0.05) is 0 Å². The van der Waals surface area contributed by atoms with Gasteiger partial charge in [-0.2, -0.15) is 0 Å². The smallest absolute Gasteiger partial charge is 0.450 e. The van der Waals surface area contributed by atoms with Crippen LogP contribution in [0.2, 0.25) is 0 Å². The molecule has 0 aromatic rings. The van der Waals surface area contributed by atoms with Crippen LogP contribution in [0.1, 0.15) is 6.42 Å². The number of rotatable bonds is 3. The molecule has 0 amide bonds. The van der Waals surface area contributed by atoms with E-state index in [0.29, 0.717) is 6.42 Å². The van der Waals surface area contributed by atoms with Crippen LogP contribution in [0, 0.1) is 0 Å². The van der Waals surface area contributed by atoms with Crippen LogP contribution in [-0.4, -0.2) is 29.6 Å². The van der Waals surface area contributed by atoms with Crippen molar-refractivity contribution in [2.24, 2.45) is 0 Å². The van der Waals surface area contributed by atoms with Crippen molar-refractivity contribution in [1.82, 2.24) is 6.15 Å². The van der Waals surface area contributed by atoms with Crippen molar-refractivity contribution in [1.29, 1.82) is 0 Å². The SMILES string of the molecule is N.O=C(O)OCCCO. The van der Waals surface area contributed by atoms with Gasteiger partial charge in [-0.05, 0) is 0 Å². The minimum atomic E-state index is -1.29. The van der Waals surface area contributed by atoms with Crippen molar-refractivity contribution in [2.75, 3.05) is 13.2 Å². The fourth-order valence-corrected chi connectivity index (χ4v) is 0.224. The highest BCUT2D eigenvalue weighted by Crippen LogP contribution is 1.79. The van der Waals surface area contributed by atoms with Crippen LogP contribution < -0.4 is 6.15 Å². The maximum absolute atomic E-state index is 9.57. The molecule has 56 valence electrons. The molecule has 0 saturated carbocycles. The Morgan fingerprint density at radius 2 is 2.11 bits per heavy atom. The fraction of sp³-hybridized carbons (Fsp3) is 0.750. The lowest BCUT2D eigenvalue weighted by Gasteiger charge is -1.94. The minimum absolute atomic E-state index is 0. The molecule has 0 saturated heterocycles. The molecule has 0 aromatic carbocycles. The second-order valence-electron chi connectivity index (χ2n) is 1.19.